The molecule has 0 unspecified atom stereocenters. The van der Waals surface area contributed by atoms with E-state index in [1.807, 2.05) is 41.1 Å². The third-order valence-electron chi connectivity index (χ3n) is 4.80. The van der Waals surface area contributed by atoms with E-state index < -0.39 is 5.97 Å². The normalized spacial score (nSPS) is 10.9. The topological polar surface area (TPSA) is 80.1 Å². The summed E-state index contributed by atoms with van der Waals surface area (Å²) >= 11 is 0. The van der Waals surface area contributed by atoms with Crippen LogP contribution in [0.5, 0.6) is 0 Å². The zero-order valence-electron chi connectivity index (χ0n) is 15.5. The lowest BCUT2D eigenvalue weighted by molar-refractivity contribution is -0.733. The molecule has 0 radical (unpaired) electrons. The van der Waals surface area contributed by atoms with Crippen LogP contribution in [0, 0.1) is 6.92 Å². The average molecular weight is 370 g/mol. The van der Waals surface area contributed by atoms with E-state index in [0.29, 0.717) is 12.4 Å². The molecule has 0 aliphatic carbocycles. The van der Waals surface area contributed by atoms with Gasteiger partial charge in [0.1, 0.15) is 0 Å². The van der Waals surface area contributed by atoms with E-state index in [2.05, 4.69) is 36.3 Å². The number of aryl methyl sites for hydroxylation is 1. The summed E-state index contributed by atoms with van der Waals surface area (Å²) in [6.07, 6.45) is 0. The average Bonchev–Trinajstić information content (AvgIpc) is 2.70. The highest BCUT2D eigenvalue weighted by molar-refractivity contribution is 5.98. The Kier molecular flexibility index (Phi) is 4.49. The molecule has 4 rings (SSSR count). The third kappa shape index (κ3) is 3.30. The Bertz CT molecular complexity index is 1170. The van der Waals surface area contributed by atoms with Gasteiger partial charge in [0.15, 0.2) is 12.4 Å². The van der Waals surface area contributed by atoms with Crippen LogP contribution in [0.4, 0.5) is 5.82 Å². The lowest BCUT2D eigenvalue weighted by atomic mass is 10.0. The summed E-state index contributed by atoms with van der Waals surface area (Å²) in [6, 6.07) is 23.1. The molecule has 1 aromatic heterocycles. The molecule has 1 heterocycles. The number of fused-ring (bicyclic) bond motifs is 1. The molecule has 138 valence electrons. The molecule has 0 aliphatic rings. The van der Waals surface area contributed by atoms with Crippen molar-refractivity contribution < 1.29 is 14.6 Å². The van der Waals surface area contributed by atoms with Crippen LogP contribution in [0.2, 0.25) is 0 Å². The molecular formula is C23H20N3O2+. The number of carboxylic acids is 1. The second-order valence-electron chi connectivity index (χ2n) is 6.81. The fourth-order valence-electron chi connectivity index (χ4n) is 3.34. The van der Waals surface area contributed by atoms with Crippen LogP contribution >= 0.6 is 0 Å². The van der Waals surface area contributed by atoms with Crippen LogP contribution in [-0.2, 0) is 6.54 Å². The monoisotopic (exact) mass is 370 g/mol. The van der Waals surface area contributed by atoms with Crippen molar-refractivity contribution in [2.45, 2.75) is 13.5 Å². The summed E-state index contributed by atoms with van der Waals surface area (Å²) in [5.74, 6) is -0.471. The molecule has 0 spiro atoms. The smallest absolute Gasteiger partial charge is 0.335 e. The van der Waals surface area contributed by atoms with Gasteiger partial charge in [-0.3, -0.25) is 0 Å². The minimum Gasteiger partial charge on any atom is -0.478 e. The van der Waals surface area contributed by atoms with Gasteiger partial charge in [0.25, 0.3) is 0 Å². The lowest BCUT2D eigenvalue weighted by Crippen LogP contribution is -2.42. The molecule has 3 aromatic carbocycles. The van der Waals surface area contributed by atoms with Crippen LogP contribution in [-0.4, -0.2) is 16.2 Å². The van der Waals surface area contributed by atoms with Crippen molar-refractivity contribution in [3.8, 4) is 11.3 Å². The van der Waals surface area contributed by atoms with Crippen molar-refractivity contribution in [2.24, 2.45) is 0 Å². The zero-order chi connectivity index (χ0) is 19.7. The Labute approximate surface area is 162 Å². The number of nitrogens with zero attached hydrogens (tertiary/aromatic N) is 2. The lowest BCUT2D eigenvalue weighted by Gasteiger charge is -2.08. The van der Waals surface area contributed by atoms with Crippen molar-refractivity contribution in [3.63, 3.8) is 0 Å². The first kappa shape index (κ1) is 17.7. The second-order valence-corrected chi connectivity index (χ2v) is 6.81. The number of nitrogen functional groups attached to an aromatic ring is 1. The number of rotatable bonds is 4. The molecule has 4 aromatic rings. The maximum absolute atomic E-state index is 11.1. The first-order chi connectivity index (χ1) is 13.5. The van der Waals surface area contributed by atoms with E-state index in [4.69, 9.17) is 10.8 Å². The fraction of sp³-hybridized carbons (Fsp3) is 0.0870. The summed E-state index contributed by atoms with van der Waals surface area (Å²) in [7, 11) is 0. The maximum atomic E-state index is 11.1. The first-order valence-corrected chi connectivity index (χ1v) is 9.00. The van der Waals surface area contributed by atoms with Crippen molar-refractivity contribution >= 4 is 22.6 Å². The molecule has 0 bridgehead atoms. The second kappa shape index (κ2) is 7.12. The summed E-state index contributed by atoms with van der Waals surface area (Å²) < 4.78 is 1.89. The van der Waals surface area contributed by atoms with Crippen LogP contribution in [0.25, 0.3) is 22.0 Å². The van der Waals surface area contributed by atoms with Gasteiger partial charge in [-0.05, 0) is 37.3 Å². The number of anilines is 1. The van der Waals surface area contributed by atoms with E-state index in [1.165, 1.54) is 5.56 Å². The van der Waals surface area contributed by atoms with Gasteiger partial charge in [-0.1, -0.05) is 52.7 Å². The van der Waals surface area contributed by atoms with Crippen LogP contribution in [0.1, 0.15) is 21.5 Å². The number of hydrogen-bond acceptors (Lipinski definition) is 3. The Morgan fingerprint density at radius 3 is 2.25 bits per heavy atom. The number of nitrogens with two attached hydrogens (primary N) is 1. The molecular weight excluding hydrogens is 350 g/mol. The molecule has 0 aliphatic heterocycles. The molecule has 0 saturated carbocycles. The van der Waals surface area contributed by atoms with Crippen LogP contribution in [0.15, 0.2) is 72.8 Å². The van der Waals surface area contributed by atoms with E-state index in [9.17, 15) is 4.79 Å². The standard InChI is InChI=1S/C23H19N3O2/c1-15-6-10-17(11-7-15)21-19-4-2-3-5-20(19)22(24)25-26(21)14-16-8-12-18(13-9-16)23(27)28/h2-13H,14H2,1H3,(H2-,24,25,27,28)/p+1. The van der Waals surface area contributed by atoms with Gasteiger partial charge in [-0.25, -0.2) is 4.79 Å². The summed E-state index contributed by atoms with van der Waals surface area (Å²) in [5.41, 5.74) is 10.7. The molecule has 5 heteroatoms. The predicted molar refractivity (Wildman–Crippen MR) is 109 cm³/mol. The summed E-state index contributed by atoms with van der Waals surface area (Å²) in [4.78, 5) is 11.1. The van der Waals surface area contributed by atoms with Gasteiger partial charge in [-0.2, -0.15) is 0 Å². The van der Waals surface area contributed by atoms with Gasteiger partial charge >= 0.3 is 5.97 Å². The van der Waals surface area contributed by atoms with Crippen molar-refractivity contribution in [3.05, 3.63) is 89.5 Å². The van der Waals surface area contributed by atoms with Gasteiger partial charge in [0.2, 0.25) is 5.69 Å². The highest BCUT2D eigenvalue weighted by Gasteiger charge is 2.22. The largest absolute Gasteiger partial charge is 0.478 e. The number of aromatic carboxylic acids is 1. The Hall–Kier alpha value is -3.73. The SMILES string of the molecule is Cc1ccc(-c2c3ccccc3c(N)n[n+]2Cc2ccc(C(=O)O)cc2)cc1. The van der Waals surface area contributed by atoms with Crippen LogP contribution in [0.3, 0.4) is 0 Å². The molecule has 3 N–H and O–H groups in total. The van der Waals surface area contributed by atoms with E-state index >= 15 is 0 Å². The van der Waals surface area contributed by atoms with E-state index in [0.717, 1.165) is 27.6 Å². The Morgan fingerprint density at radius 1 is 0.964 bits per heavy atom. The van der Waals surface area contributed by atoms with Crippen LogP contribution < -0.4 is 10.4 Å². The molecule has 0 fully saturated rings. The maximum Gasteiger partial charge on any atom is 0.335 e. The minimum absolute atomic E-state index is 0.262. The van der Waals surface area contributed by atoms with Crippen molar-refractivity contribution in [1.82, 2.24) is 5.10 Å². The number of aromatic nitrogens is 2. The van der Waals surface area contributed by atoms with Gasteiger partial charge < -0.3 is 10.8 Å². The van der Waals surface area contributed by atoms with E-state index in [1.54, 1.807) is 12.1 Å². The highest BCUT2D eigenvalue weighted by atomic mass is 16.4. The predicted octanol–water partition coefficient (Wildman–Crippen LogP) is 3.83. The van der Waals surface area contributed by atoms with Crippen molar-refractivity contribution in [1.29, 1.82) is 0 Å². The summed E-state index contributed by atoms with van der Waals surface area (Å²) in [6.45, 7) is 2.54. The number of carbonyl (C=O) groups is 1. The Balaban J connectivity index is 1.88. The van der Waals surface area contributed by atoms with Gasteiger partial charge in [-0.15, -0.1) is 0 Å². The molecule has 0 amide bonds. The van der Waals surface area contributed by atoms with E-state index in [-0.39, 0.29) is 5.56 Å². The van der Waals surface area contributed by atoms with Gasteiger partial charge in [0.05, 0.1) is 10.9 Å². The molecule has 5 nitrogen and oxygen atoms in total. The van der Waals surface area contributed by atoms with Crippen molar-refractivity contribution in [2.75, 3.05) is 5.73 Å². The quantitative estimate of drug-likeness (QED) is 0.535. The third-order valence-corrected chi connectivity index (χ3v) is 4.80. The fourth-order valence-corrected chi connectivity index (χ4v) is 3.34. The first-order valence-electron chi connectivity index (χ1n) is 9.00. The highest BCUT2D eigenvalue weighted by Crippen LogP contribution is 2.28. The number of benzene rings is 3. The molecule has 0 atom stereocenters. The molecule has 0 saturated heterocycles. The summed E-state index contributed by atoms with van der Waals surface area (Å²) in [5, 5.41) is 15.7. The minimum atomic E-state index is -0.937. The Morgan fingerprint density at radius 2 is 1.61 bits per heavy atom. The number of hydrogen-bond donors (Lipinski definition) is 2. The zero-order valence-corrected chi connectivity index (χ0v) is 15.5. The number of carboxylic acid groups (broad SMARTS) is 1. The van der Waals surface area contributed by atoms with Gasteiger partial charge in [0, 0.05) is 21.6 Å². The molecule has 28 heavy (non-hydrogen) atoms.